The zero-order valence-electron chi connectivity index (χ0n) is 21.0. The molecule has 0 aliphatic rings. The van der Waals surface area contributed by atoms with E-state index in [9.17, 15) is 9.90 Å². The van der Waals surface area contributed by atoms with Crippen molar-refractivity contribution in [3.63, 3.8) is 0 Å². The van der Waals surface area contributed by atoms with Crippen molar-refractivity contribution in [3.05, 3.63) is 83.7 Å². The van der Waals surface area contributed by atoms with Crippen LogP contribution >= 0.6 is 0 Å². The number of methoxy groups -OCH3 is 4. The van der Waals surface area contributed by atoms with Crippen molar-refractivity contribution >= 4 is 34.5 Å². The molecule has 3 N–H and O–H groups in total. The fraction of sp³-hybridized carbons (Fsp3) is 0.138. The second-order valence-electron chi connectivity index (χ2n) is 8.00. The zero-order chi connectivity index (χ0) is 26.4. The Kier molecular flexibility index (Phi) is 7.68. The van der Waals surface area contributed by atoms with Crippen LogP contribution < -0.4 is 24.3 Å². The standard InChI is InChI=1S/C29H28N2O6/c1-34-26-15-19(16-27(35-2)29(26)37-4)10-9-18-13-23(28(36-3)25(33)14-18)30-12-11-24(32)21-17-31-22-8-6-5-7-20(21)22/h5-17,30-31,33H,1-4H3/b10-9?,12-11-. The lowest BCUT2D eigenvalue weighted by Gasteiger charge is -2.13. The smallest absolute Gasteiger partial charge is 0.203 e. The first-order chi connectivity index (χ1) is 18.0. The van der Waals surface area contributed by atoms with E-state index in [4.69, 9.17) is 18.9 Å². The Hall–Kier alpha value is -4.85. The largest absolute Gasteiger partial charge is 0.504 e. The number of phenols is 1. The maximum atomic E-state index is 12.7. The predicted octanol–water partition coefficient (Wildman–Crippen LogP) is 5.89. The number of anilines is 1. The predicted molar refractivity (Wildman–Crippen MR) is 145 cm³/mol. The number of aromatic nitrogens is 1. The molecule has 1 aromatic heterocycles. The molecule has 8 nitrogen and oxygen atoms in total. The van der Waals surface area contributed by atoms with Gasteiger partial charge >= 0.3 is 0 Å². The number of ketones is 1. The highest BCUT2D eigenvalue weighted by molar-refractivity contribution is 6.13. The highest BCUT2D eigenvalue weighted by Crippen LogP contribution is 2.39. The summed E-state index contributed by atoms with van der Waals surface area (Å²) >= 11 is 0. The van der Waals surface area contributed by atoms with Gasteiger partial charge in [0.1, 0.15) is 0 Å². The second-order valence-corrected chi connectivity index (χ2v) is 8.00. The molecule has 0 atom stereocenters. The van der Waals surface area contributed by atoms with Gasteiger partial charge in [-0.1, -0.05) is 30.4 Å². The van der Waals surface area contributed by atoms with Gasteiger partial charge in [0, 0.05) is 34.9 Å². The molecule has 0 bridgehead atoms. The first-order valence-electron chi connectivity index (χ1n) is 11.4. The van der Waals surface area contributed by atoms with Crippen LogP contribution in [0.3, 0.4) is 0 Å². The summed E-state index contributed by atoms with van der Waals surface area (Å²) in [6.45, 7) is 0. The fourth-order valence-electron chi connectivity index (χ4n) is 4.02. The van der Waals surface area contributed by atoms with E-state index < -0.39 is 0 Å². The third-order valence-electron chi connectivity index (χ3n) is 5.78. The monoisotopic (exact) mass is 500 g/mol. The molecule has 0 spiro atoms. The molecule has 8 heteroatoms. The first-order valence-corrected chi connectivity index (χ1v) is 11.4. The average Bonchev–Trinajstić information content (AvgIpc) is 3.35. The summed E-state index contributed by atoms with van der Waals surface area (Å²) in [7, 11) is 6.13. The summed E-state index contributed by atoms with van der Waals surface area (Å²) in [5, 5.41) is 14.4. The molecule has 3 aromatic carbocycles. The van der Waals surface area contributed by atoms with Crippen LogP contribution in [0.1, 0.15) is 21.5 Å². The summed E-state index contributed by atoms with van der Waals surface area (Å²) in [5.74, 6) is 1.62. The van der Waals surface area contributed by atoms with Crippen molar-refractivity contribution in [2.45, 2.75) is 0 Å². The number of phenolic OH excluding ortho intramolecular Hbond substituents is 1. The van der Waals surface area contributed by atoms with Crippen LogP contribution in [0.15, 0.2) is 67.0 Å². The number of aromatic hydroxyl groups is 1. The number of nitrogens with one attached hydrogen (secondary N) is 2. The molecule has 4 aromatic rings. The van der Waals surface area contributed by atoms with E-state index in [1.54, 1.807) is 39.7 Å². The van der Waals surface area contributed by atoms with Gasteiger partial charge in [0.15, 0.2) is 28.8 Å². The van der Waals surface area contributed by atoms with Crippen molar-refractivity contribution in [1.82, 2.24) is 4.98 Å². The van der Waals surface area contributed by atoms with E-state index in [1.165, 1.54) is 19.4 Å². The van der Waals surface area contributed by atoms with Crippen LogP contribution in [0, 0.1) is 0 Å². The van der Waals surface area contributed by atoms with Gasteiger partial charge in [-0.25, -0.2) is 0 Å². The van der Waals surface area contributed by atoms with Crippen LogP contribution in [0.25, 0.3) is 23.1 Å². The van der Waals surface area contributed by atoms with Crippen LogP contribution in [0.5, 0.6) is 28.7 Å². The van der Waals surface area contributed by atoms with E-state index >= 15 is 0 Å². The third-order valence-corrected chi connectivity index (χ3v) is 5.78. The van der Waals surface area contributed by atoms with Crippen molar-refractivity contribution in [3.8, 4) is 28.7 Å². The maximum Gasteiger partial charge on any atom is 0.203 e. The Morgan fingerprint density at radius 1 is 0.865 bits per heavy atom. The minimum absolute atomic E-state index is 0.0478. The fourth-order valence-corrected chi connectivity index (χ4v) is 4.02. The zero-order valence-corrected chi connectivity index (χ0v) is 21.0. The van der Waals surface area contributed by atoms with Gasteiger partial charge in [-0.15, -0.1) is 0 Å². The number of ether oxygens (including phenoxy) is 4. The number of benzene rings is 3. The lowest BCUT2D eigenvalue weighted by molar-refractivity contribution is 0.104. The molecule has 0 saturated carbocycles. The quantitative estimate of drug-likeness (QED) is 0.142. The number of allylic oxidation sites excluding steroid dienone is 1. The molecule has 0 radical (unpaired) electrons. The Morgan fingerprint density at radius 2 is 1.51 bits per heavy atom. The summed E-state index contributed by atoms with van der Waals surface area (Å²) < 4.78 is 21.6. The lowest BCUT2D eigenvalue weighted by Crippen LogP contribution is -1.98. The van der Waals surface area contributed by atoms with Crippen molar-refractivity contribution in [2.24, 2.45) is 0 Å². The highest BCUT2D eigenvalue weighted by Gasteiger charge is 2.13. The van der Waals surface area contributed by atoms with E-state index in [2.05, 4.69) is 10.3 Å². The Balaban J connectivity index is 1.57. The molecule has 0 aliphatic carbocycles. The van der Waals surface area contributed by atoms with Crippen LogP contribution in [-0.2, 0) is 0 Å². The van der Waals surface area contributed by atoms with Gasteiger partial charge in [-0.05, 0) is 41.5 Å². The third kappa shape index (κ3) is 5.38. The topological polar surface area (TPSA) is 102 Å². The van der Waals surface area contributed by atoms with Crippen LogP contribution in [0.4, 0.5) is 5.69 Å². The molecular weight excluding hydrogens is 472 g/mol. The molecule has 0 fully saturated rings. The van der Waals surface area contributed by atoms with Gasteiger partial charge in [0.2, 0.25) is 5.75 Å². The van der Waals surface area contributed by atoms with Crippen molar-refractivity contribution in [2.75, 3.05) is 33.8 Å². The minimum Gasteiger partial charge on any atom is -0.504 e. The summed E-state index contributed by atoms with van der Waals surface area (Å²) in [6, 6.07) is 14.6. The van der Waals surface area contributed by atoms with Gasteiger partial charge in [-0.2, -0.15) is 0 Å². The van der Waals surface area contributed by atoms with Gasteiger partial charge < -0.3 is 34.4 Å². The molecule has 1 heterocycles. The normalized spacial score (nSPS) is 11.2. The van der Waals surface area contributed by atoms with Gasteiger partial charge in [-0.3, -0.25) is 4.79 Å². The number of fused-ring (bicyclic) bond motifs is 1. The lowest BCUT2D eigenvalue weighted by atomic mass is 10.1. The van der Waals surface area contributed by atoms with Crippen LogP contribution in [-0.4, -0.2) is 44.3 Å². The first kappa shape index (κ1) is 25.2. The van der Waals surface area contributed by atoms with Crippen LogP contribution in [0.2, 0.25) is 0 Å². The number of para-hydroxylation sites is 1. The molecular formula is C29H28N2O6. The Bertz CT molecular complexity index is 1460. The minimum atomic E-state index is -0.161. The summed E-state index contributed by atoms with van der Waals surface area (Å²) in [4.78, 5) is 15.8. The van der Waals surface area contributed by atoms with Gasteiger partial charge in [0.25, 0.3) is 0 Å². The molecule has 4 rings (SSSR count). The van der Waals surface area contributed by atoms with E-state index in [-0.39, 0.29) is 17.3 Å². The summed E-state index contributed by atoms with van der Waals surface area (Å²) in [6.07, 6.45) is 8.33. The number of hydrogen-bond donors (Lipinski definition) is 3. The van der Waals surface area contributed by atoms with E-state index in [0.717, 1.165) is 16.5 Å². The van der Waals surface area contributed by atoms with Crippen molar-refractivity contribution < 1.29 is 28.8 Å². The number of H-pyrrole nitrogens is 1. The molecule has 0 saturated heterocycles. The highest BCUT2D eigenvalue weighted by atomic mass is 16.5. The Morgan fingerprint density at radius 3 is 2.16 bits per heavy atom. The van der Waals surface area contributed by atoms with E-state index in [0.29, 0.717) is 34.1 Å². The maximum absolute atomic E-state index is 12.7. The summed E-state index contributed by atoms with van der Waals surface area (Å²) in [5.41, 5.74) is 3.47. The molecule has 37 heavy (non-hydrogen) atoms. The second kappa shape index (κ2) is 11.3. The number of carbonyl (C=O) groups excluding carboxylic acids is 1. The number of carbonyl (C=O) groups is 1. The molecule has 190 valence electrons. The Labute approximate surface area is 214 Å². The number of rotatable bonds is 10. The molecule has 0 aliphatic heterocycles. The number of hydrogen-bond acceptors (Lipinski definition) is 7. The van der Waals surface area contributed by atoms with Gasteiger partial charge in [0.05, 0.1) is 34.1 Å². The average molecular weight is 501 g/mol. The number of aromatic amines is 1. The van der Waals surface area contributed by atoms with Crippen molar-refractivity contribution in [1.29, 1.82) is 0 Å². The molecule has 0 amide bonds. The van der Waals surface area contributed by atoms with E-state index in [1.807, 2.05) is 48.6 Å². The SMILES string of the molecule is COc1cc(C=Cc2cc(O)c(OC)c(N/C=C\C(=O)c3c[nH]c4ccccc34)c2)cc(OC)c1OC. The molecule has 0 unspecified atom stereocenters.